The number of benzene rings is 1. The molecule has 0 bridgehead atoms. The molecule has 5 nitrogen and oxygen atoms in total. The highest BCUT2D eigenvalue weighted by Gasteiger charge is 2.12. The summed E-state index contributed by atoms with van der Waals surface area (Å²) in [6.07, 6.45) is 1.68. The van der Waals surface area contributed by atoms with Crippen molar-refractivity contribution < 1.29 is 19.0 Å². The minimum atomic E-state index is -1.31. The number of halogens is 1. The lowest BCUT2D eigenvalue weighted by molar-refractivity contribution is 0.0692. The van der Waals surface area contributed by atoms with Gasteiger partial charge >= 0.3 is 5.97 Å². The number of hydrogen-bond donors (Lipinski definition) is 1. The van der Waals surface area contributed by atoms with E-state index in [9.17, 15) is 9.18 Å². The second kappa shape index (κ2) is 5.75. The number of ether oxygens (including phenoxy) is 1. The van der Waals surface area contributed by atoms with Gasteiger partial charge in [0.05, 0.1) is 5.56 Å². The van der Waals surface area contributed by atoms with E-state index in [4.69, 9.17) is 9.84 Å². The summed E-state index contributed by atoms with van der Waals surface area (Å²) in [7, 11) is 0. The number of hydrogen-bond acceptors (Lipinski definition) is 5. The summed E-state index contributed by atoms with van der Waals surface area (Å²) in [5, 5.41) is 9.02. The molecule has 0 saturated carbocycles. The number of nitrogens with zero attached hydrogens (tertiary/aromatic N) is 2. The van der Waals surface area contributed by atoms with E-state index in [0.717, 1.165) is 36.5 Å². The van der Waals surface area contributed by atoms with Gasteiger partial charge in [-0.25, -0.2) is 9.18 Å². The summed E-state index contributed by atoms with van der Waals surface area (Å²) in [6.45, 7) is 2.02. The van der Waals surface area contributed by atoms with Crippen molar-refractivity contribution in [2.75, 3.05) is 0 Å². The molecule has 0 unspecified atom stereocenters. The van der Waals surface area contributed by atoms with Crippen LogP contribution in [-0.4, -0.2) is 20.4 Å². The standard InChI is InChI=1S/C12H11FN2O3S/c1-2-3-10-14-12(19-15-10)18-7-4-5-8(11(16)17)9(13)6-7/h4-6H,2-3H2,1H3,(H,16,17). The molecule has 0 aliphatic rings. The van der Waals surface area contributed by atoms with Gasteiger partial charge in [0.15, 0.2) is 0 Å². The maximum Gasteiger partial charge on any atom is 0.338 e. The fourth-order valence-corrected chi connectivity index (χ4v) is 2.03. The maximum absolute atomic E-state index is 13.4. The highest BCUT2D eigenvalue weighted by atomic mass is 32.1. The van der Waals surface area contributed by atoms with Crippen LogP contribution in [0, 0.1) is 5.82 Å². The molecule has 1 aromatic heterocycles. The molecule has 0 spiro atoms. The van der Waals surface area contributed by atoms with Crippen LogP contribution < -0.4 is 4.74 Å². The smallest absolute Gasteiger partial charge is 0.338 e. The van der Waals surface area contributed by atoms with Crippen LogP contribution in [0.5, 0.6) is 10.9 Å². The molecule has 100 valence electrons. The molecule has 0 saturated heterocycles. The zero-order valence-electron chi connectivity index (χ0n) is 10.1. The van der Waals surface area contributed by atoms with E-state index in [1.54, 1.807) is 0 Å². The van der Waals surface area contributed by atoms with E-state index in [-0.39, 0.29) is 5.75 Å². The lowest BCUT2D eigenvalue weighted by Crippen LogP contribution is -2.00. The van der Waals surface area contributed by atoms with Crippen molar-refractivity contribution in [2.45, 2.75) is 19.8 Å². The minimum Gasteiger partial charge on any atom is -0.478 e. The summed E-state index contributed by atoms with van der Waals surface area (Å²) < 4.78 is 22.9. The van der Waals surface area contributed by atoms with Gasteiger partial charge < -0.3 is 9.84 Å². The zero-order chi connectivity index (χ0) is 13.8. The second-order valence-electron chi connectivity index (χ2n) is 3.78. The molecule has 0 fully saturated rings. The predicted molar refractivity (Wildman–Crippen MR) is 67.3 cm³/mol. The molecule has 1 aromatic carbocycles. The Kier molecular flexibility index (Phi) is 4.06. The summed E-state index contributed by atoms with van der Waals surface area (Å²) in [5.41, 5.74) is -0.392. The third-order valence-electron chi connectivity index (χ3n) is 2.30. The van der Waals surface area contributed by atoms with Crippen molar-refractivity contribution in [3.05, 3.63) is 35.4 Å². The summed E-state index contributed by atoms with van der Waals surface area (Å²) >= 11 is 1.08. The molecule has 0 amide bonds. The molecule has 1 heterocycles. The monoisotopic (exact) mass is 282 g/mol. The van der Waals surface area contributed by atoms with Crippen molar-refractivity contribution in [2.24, 2.45) is 0 Å². The molecule has 0 radical (unpaired) electrons. The number of aryl methyl sites for hydroxylation is 1. The quantitative estimate of drug-likeness (QED) is 0.912. The highest BCUT2D eigenvalue weighted by Crippen LogP contribution is 2.25. The van der Waals surface area contributed by atoms with Crippen molar-refractivity contribution >= 4 is 17.5 Å². The van der Waals surface area contributed by atoms with Crippen LogP contribution in [0.3, 0.4) is 0 Å². The molecule has 0 aliphatic heterocycles. The largest absolute Gasteiger partial charge is 0.478 e. The molecule has 19 heavy (non-hydrogen) atoms. The van der Waals surface area contributed by atoms with Crippen LogP contribution in [0.2, 0.25) is 0 Å². The van der Waals surface area contributed by atoms with Crippen molar-refractivity contribution in [1.29, 1.82) is 0 Å². The number of carbonyl (C=O) groups is 1. The lowest BCUT2D eigenvalue weighted by atomic mass is 10.2. The van der Waals surface area contributed by atoms with Gasteiger partial charge in [-0.1, -0.05) is 6.92 Å². The molecule has 0 aliphatic carbocycles. The SMILES string of the molecule is CCCc1nsc(Oc2ccc(C(=O)O)c(F)c2)n1. The average Bonchev–Trinajstić information content (AvgIpc) is 2.76. The molecule has 2 aromatic rings. The second-order valence-corrected chi connectivity index (χ2v) is 4.49. The van der Waals surface area contributed by atoms with Gasteiger partial charge in [-0.15, -0.1) is 0 Å². The first-order valence-electron chi connectivity index (χ1n) is 5.63. The van der Waals surface area contributed by atoms with Gasteiger partial charge in [-0.2, -0.15) is 9.36 Å². The van der Waals surface area contributed by atoms with E-state index >= 15 is 0 Å². The Morgan fingerprint density at radius 2 is 2.32 bits per heavy atom. The van der Waals surface area contributed by atoms with Gasteiger partial charge in [0.2, 0.25) is 0 Å². The summed E-state index contributed by atoms with van der Waals surface area (Å²) in [5.74, 6) is -1.28. The van der Waals surface area contributed by atoms with Crippen LogP contribution in [0.15, 0.2) is 18.2 Å². The van der Waals surface area contributed by atoms with Crippen molar-refractivity contribution in [1.82, 2.24) is 9.36 Å². The first kappa shape index (κ1) is 13.4. The molecular formula is C12H11FN2O3S. The third kappa shape index (κ3) is 3.25. The number of aromatic nitrogens is 2. The Labute approximate surface area is 112 Å². The molecule has 2 rings (SSSR count). The van der Waals surface area contributed by atoms with Crippen LogP contribution in [0.4, 0.5) is 4.39 Å². The summed E-state index contributed by atoms with van der Waals surface area (Å²) in [4.78, 5) is 14.8. The molecule has 1 N–H and O–H groups in total. The predicted octanol–water partition coefficient (Wildman–Crippen LogP) is 3.12. The van der Waals surface area contributed by atoms with E-state index in [2.05, 4.69) is 9.36 Å². The Morgan fingerprint density at radius 3 is 2.95 bits per heavy atom. The Bertz CT molecular complexity index is 600. The fraction of sp³-hybridized carbons (Fsp3) is 0.250. The van der Waals surface area contributed by atoms with Gasteiger partial charge in [-0.05, 0) is 18.6 Å². The minimum absolute atomic E-state index is 0.196. The van der Waals surface area contributed by atoms with E-state index in [0.29, 0.717) is 11.0 Å². The van der Waals surface area contributed by atoms with E-state index in [1.807, 2.05) is 6.92 Å². The number of rotatable bonds is 5. The highest BCUT2D eigenvalue weighted by molar-refractivity contribution is 7.07. The molecule has 7 heteroatoms. The van der Waals surface area contributed by atoms with E-state index < -0.39 is 17.3 Å². The first-order chi connectivity index (χ1) is 9.10. The van der Waals surface area contributed by atoms with Crippen molar-refractivity contribution in [3.8, 4) is 10.9 Å². The zero-order valence-corrected chi connectivity index (χ0v) is 10.9. The fourth-order valence-electron chi connectivity index (χ4n) is 1.44. The topological polar surface area (TPSA) is 72.3 Å². The Morgan fingerprint density at radius 1 is 1.53 bits per heavy atom. The van der Waals surface area contributed by atoms with Crippen LogP contribution in [-0.2, 0) is 6.42 Å². The number of carboxylic acid groups (broad SMARTS) is 1. The Balaban J connectivity index is 2.14. The van der Waals surface area contributed by atoms with Crippen LogP contribution >= 0.6 is 11.5 Å². The first-order valence-corrected chi connectivity index (χ1v) is 6.40. The van der Waals surface area contributed by atoms with E-state index in [1.165, 1.54) is 6.07 Å². The average molecular weight is 282 g/mol. The number of carboxylic acids is 1. The van der Waals surface area contributed by atoms with Gasteiger partial charge in [-0.3, -0.25) is 0 Å². The van der Waals surface area contributed by atoms with Gasteiger partial charge in [0.25, 0.3) is 5.19 Å². The molecular weight excluding hydrogens is 271 g/mol. The maximum atomic E-state index is 13.4. The van der Waals surface area contributed by atoms with Gasteiger partial charge in [0.1, 0.15) is 17.4 Å². The Hall–Kier alpha value is -2.02. The third-order valence-corrected chi connectivity index (χ3v) is 2.93. The lowest BCUT2D eigenvalue weighted by Gasteiger charge is -2.02. The van der Waals surface area contributed by atoms with Crippen LogP contribution in [0.1, 0.15) is 29.5 Å². The van der Waals surface area contributed by atoms with Crippen molar-refractivity contribution in [3.63, 3.8) is 0 Å². The van der Waals surface area contributed by atoms with Crippen LogP contribution in [0.25, 0.3) is 0 Å². The normalized spacial score (nSPS) is 10.4. The number of aromatic carboxylic acids is 1. The van der Waals surface area contributed by atoms with Gasteiger partial charge in [0, 0.05) is 24.0 Å². The molecule has 0 atom stereocenters. The summed E-state index contributed by atoms with van der Waals surface area (Å²) in [6, 6.07) is 3.55.